The van der Waals surface area contributed by atoms with Crippen LogP contribution in [-0.4, -0.2) is 78.5 Å². The summed E-state index contributed by atoms with van der Waals surface area (Å²) < 4.78 is 65.6. The fraction of sp³-hybridized carbons (Fsp3) is 0.348. The van der Waals surface area contributed by atoms with Crippen molar-refractivity contribution < 1.29 is 52.3 Å². The molecule has 3 unspecified atom stereocenters. The van der Waals surface area contributed by atoms with Gasteiger partial charge in [-0.2, -0.15) is 0 Å². The van der Waals surface area contributed by atoms with Crippen LogP contribution in [0.1, 0.15) is 11.6 Å². The van der Waals surface area contributed by atoms with Crippen molar-refractivity contribution in [3.63, 3.8) is 0 Å². The number of rotatable bonds is 8. The van der Waals surface area contributed by atoms with E-state index in [1.807, 2.05) is 0 Å². The quantitative estimate of drug-likeness (QED) is 0.251. The van der Waals surface area contributed by atoms with Crippen LogP contribution in [0.4, 0.5) is 17.6 Å². The van der Waals surface area contributed by atoms with Gasteiger partial charge >= 0.3 is 5.97 Å². The Labute approximate surface area is 206 Å². The lowest BCUT2D eigenvalue weighted by atomic mass is 9.90. The highest BCUT2D eigenvalue weighted by molar-refractivity contribution is 5.73. The van der Waals surface area contributed by atoms with Gasteiger partial charge in [0.2, 0.25) is 0 Å². The van der Waals surface area contributed by atoms with Gasteiger partial charge < -0.3 is 29.9 Å². The van der Waals surface area contributed by atoms with Crippen molar-refractivity contribution in [2.75, 3.05) is 6.61 Å². The molecule has 4 N–H and O–H groups in total. The van der Waals surface area contributed by atoms with Crippen molar-refractivity contribution in [1.29, 1.82) is 0 Å². The average Bonchev–Trinajstić information content (AvgIpc) is 3.34. The molecule has 37 heavy (non-hydrogen) atoms. The molecule has 1 fully saturated rings. The Bertz CT molecular complexity index is 1240. The highest BCUT2D eigenvalue weighted by Crippen LogP contribution is 2.33. The second kappa shape index (κ2) is 10.9. The smallest absolute Gasteiger partial charge is 0.335 e. The number of halogens is 4. The summed E-state index contributed by atoms with van der Waals surface area (Å²) in [7, 11) is 0. The van der Waals surface area contributed by atoms with E-state index in [-0.39, 0.29) is 17.9 Å². The first kappa shape index (κ1) is 26.6. The minimum absolute atomic E-state index is 0.150. The summed E-state index contributed by atoms with van der Waals surface area (Å²) in [4.78, 5) is 12.0. The SMILES string of the molecule is O=C(O)[C@@H](OCc1ccc(F)cc1)[C@@H]1OC(CO)[C@H](O)C(n2cc(-c3cc(F)c(F)c(F)c3)nn2)C1O. The van der Waals surface area contributed by atoms with Crippen molar-refractivity contribution in [3.8, 4) is 11.3 Å². The van der Waals surface area contributed by atoms with Crippen LogP contribution in [-0.2, 0) is 20.9 Å². The number of ether oxygens (including phenoxy) is 2. The van der Waals surface area contributed by atoms with E-state index in [1.165, 1.54) is 12.1 Å². The largest absolute Gasteiger partial charge is 0.479 e. The first-order valence-electron chi connectivity index (χ1n) is 10.9. The summed E-state index contributed by atoms with van der Waals surface area (Å²) in [6, 6.07) is 4.94. The Hall–Kier alpha value is -3.43. The summed E-state index contributed by atoms with van der Waals surface area (Å²) in [6.07, 6.45) is -7.13. The molecule has 2 heterocycles. The number of carboxylic acids is 1. The average molecular weight is 527 g/mol. The molecule has 4 rings (SSSR count). The zero-order chi connectivity index (χ0) is 26.9. The number of aromatic nitrogens is 3. The maximum atomic E-state index is 13.7. The number of aliphatic carboxylic acids is 1. The Kier molecular flexibility index (Phi) is 7.85. The van der Waals surface area contributed by atoms with Crippen LogP contribution < -0.4 is 0 Å². The number of benzene rings is 2. The number of aliphatic hydroxyl groups excluding tert-OH is 3. The fourth-order valence-electron chi connectivity index (χ4n) is 4.02. The number of hydrogen-bond acceptors (Lipinski definition) is 8. The van der Waals surface area contributed by atoms with Gasteiger partial charge in [0.15, 0.2) is 23.6 Å². The molecule has 1 aromatic heterocycles. The minimum atomic E-state index is -1.80. The van der Waals surface area contributed by atoms with Crippen molar-refractivity contribution >= 4 is 5.97 Å². The first-order chi connectivity index (χ1) is 17.6. The zero-order valence-corrected chi connectivity index (χ0v) is 18.8. The third kappa shape index (κ3) is 5.47. The van der Waals surface area contributed by atoms with E-state index in [1.54, 1.807) is 0 Å². The van der Waals surface area contributed by atoms with Crippen LogP contribution >= 0.6 is 0 Å². The molecule has 10 nitrogen and oxygen atoms in total. The highest BCUT2D eigenvalue weighted by Gasteiger charge is 2.50. The Morgan fingerprint density at radius 3 is 2.32 bits per heavy atom. The van der Waals surface area contributed by atoms with Crippen LogP contribution in [0.2, 0.25) is 0 Å². The van der Waals surface area contributed by atoms with Crippen LogP contribution in [0.25, 0.3) is 11.3 Å². The molecular weight excluding hydrogens is 506 g/mol. The Balaban J connectivity index is 1.61. The molecule has 2 aromatic carbocycles. The molecule has 0 aliphatic carbocycles. The molecule has 1 saturated heterocycles. The van der Waals surface area contributed by atoms with Crippen molar-refractivity contribution in [2.45, 2.75) is 43.2 Å². The molecular formula is C23H21F4N3O7. The maximum absolute atomic E-state index is 13.7. The molecule has 0 amide bonds. The minimum Gasteiger partial charge on any atom is -0.479 e. The van der Waals surface area contributed by atoms with Gasteiger partial charge in [-0.3, -0.25) is 0 Å². The summed E-state index contributed by atoms with van der Waals surface area (Å²) in [6.45, 7) is -1.07. The summed E-state index contributed by atoms with van der Waals surface area (Å²) in [5, 5.41) is 48.6. The van der Waals surface area contributed by atoms with Gasteiger partial charge in [-0.25, -0.2) is 27.0 Å². The molecule has 1 aliphatic heterocycles. The predicted octanol–water partition coefficient (Wildman–Crippen LogP) is 1.19. The van der Waals surface area contributed by atoms with E-state index >= 15 is 0 Å². The molecule has 0 spiro atoms. The summed E-state index contributed by atoms with van der Waals surface area (Å²) in [5.41, 5.74) is 0.0797. The van der Waals surface area contributed by atoms with E-state index in [9.17, 15) is 42.8 Å². The van der Waals surface area contributed by atoms with Crippen LogP contribution in [0, 0.1) is 23.3 Å². The predicted molar refractivity (Wildman–Crippen MR) is 115 cm³/mol. The third-order valence-electron chi connectivity index (χ3n) is 5.91. The topological polar surface area (TPSA) is 147 Å². The van der Waals surface area contributed by atoms with Gasteiger partial charge in [-0.05, 0) is 29.8 Å². The standard InChI is InChI=1S/C23H21F4N3O7/c24-12-3-1-10(2-4-12)9-36-22(23(34)35)21-20(33)18(19(32)16(8-31)37-21)30-7-15(28-29-30)11-5-13(25)17(27)14(26)6-11/h1-7,16,18-22,31-33H,8-9H2,(H,34,35)/t16?,18?,19-,20?,21+,22-/m0/s1. The number of nitrogens with zero attached hydrogens (tertiary/aromatic N) is 3. The van der Waals surface area contributed by atoms with Crippen molar-refractivity contribution in [2.24, 2.45) is 0 Å². The first-order valence-corrected chi connectivity index (χ1v) is 10.9. The van der Waals surface area contributed by atoms with Gasteiger partial charge in [0.05, 0.1) is 19.4 Å². The zero-order valence-electron chi connectivity index (χ0n) is 18.8. The maximum Gasteiger partial charge on any atom is 0.335 e. The summed E-state index contributed by atoms with van der Waals surface area (Å²) in [5.74, 6) is -6.67. The molecule has 14 heteroatoms. The van der Waals surface area contributed by atoms with Gasteiger partial charge in [0.25, 0.3) is 0 Å². The van der Waals surface area contributed by atoms with Crippen LogP contribution in [0.3, 0.4) is 0 Å². The van der Waals surface area contributed by atoms with Gasteiger partial charge in [-0.1, -0.05) is 17.3 Å². The van der Waals surface area contributed by atoms with E-state index in [2.05, 4.69) is 10.3 Å². The second-order valence-corrected chi connectivity index (χ2v) is 8.33. The lowest BCUT2D eigenvalue weighted by molar-refractivity contribution is -0.238. The molecule has 3 aromatic rings. The van der Waals surface area contributed by atoms with Crippen LogP contribution in [0.15, 0.2) is 42.6 Å². The third-order valence-corrected chi connectivity index (χ3v) is 5.91. The molecule has 1 aliphatic rings. The van der Waals surface area contributed by atoms with Gasteiger partial charge in [0.1, 0.15) is 42.0 Å². The molecule has 0 radical (unpaired) electrons. The summed E-state index contributed by atoms with van der Waals surface area (Å²) >= 11 is 0. The number of hydrogen-bond donors (Lipinski definition) is 4. The van der Waals surface area contributed by atoms with Gasteiger partial charge in [0, 0.05) is 5.56 Å². The van der Waals surface area contributed by atoms with E-state index in [4.69, 9.17) is 9.47 Å². The monoisotopic (exact) mass is 527 g/mol. The number of carbonyl (C=O) groups is 1. The molecule has 0 saturated carbocycles. The van der Waals surface area contributed by atoms with E-state index in [0.29, 0.717) is 17.7 Å². The van der Waals surface area contributed by atoms with E-state index in [0.717, 1.165) is 23.0 Å². The van der Waals surface area contributed by atoms with Crippen molar-refractivity contribution in [1.82, 2.24) is 15.0 Å². The van der Waals surface area contributed by atoms with Crippen LogP contribution in [0.5, 0.6) is 0 Å². The molecule has 198 valence electrons. The highest BCUT2D eigenvalue weighted by atomic mass is 19.2. The van der Waals surface area contributed by atoms with Crippen molar-refractivity contribution in [3.05, 3.63) is 71.4 Å². The fourth-order valence-corrected chi connectivity index (χ4v) is 4.02. The van der Waals surface area contributed by atoms with Gasteiger partial charge in [-0.15, -0.1) is 5.10 Å². The number of aliphatic hydroxyl groups is 3. The molecule has 0 bridgehead atoms. The lowest BCUT2D eigenvalue weighted by Gasteiger charge is -2.43. The number of carboxylic acid groups (broad SMARTS) is 1. The normalized spacial score (nSPS) is 24.7. The second-order valence-electron chi connectivity index (χ2n) is 8.33. The lowest BCUT2D eigenvalue weighted by Crippen LogP contribution is -2.60. The van der Waals surface area contributed by atoms with E-state index < -0.39 is 72.4 Å². The Morgan fingerprint density at radius 1 is 1.08 bits per heavy atom. The molecule has 6 atom stereocenters. The Morgan fingerprint density at radius 2 is 1.73 bits per heavy atom.